The first-order valence-electron chi connectivity index (χ1n) is 6.61. The molecule has 6 heteroatoms. The second-order valence-corrected chi connectivity index (χ2v) is 5.56. The van der Waals surface area contributed by atoms with E-state index in [0.29, 0.717) is 33.7 Å². The highest BCUT2D eigenvalue weighted by molar-refractivity contribution is 6.31. The Labute approximate surface area is 136 Å². The fraction of sp³-hybridized carbons (Fsp3) is 0.125. The molecule has 0 spiro atoms. The van der Waals surface area contributed by atoms with Crippen LogP contribution in [0.4, 0.5) is 4.39 Å². The van der Waals surface area contributed by atoms with Gasteiger partial charge >= 0.3 is 0 Å². The molecule has 0 saturated carbocycles. The summed E-state index contributed by atoms with van der Waals surface area (Å²) in [7, 11) is 0. The van der Waals surface area contributed by atoms with Crippen LogP contribution in [0.5, 0.6) is 0 Å². The van der Waals surface area contributed by atoms with E-state index >= 15 is 0 Å². The number of halogens is 3. The van der Waals surface area contributed by atoms with E-state index in [9.17, 15) is 4.39 Å². The van der Waals surface area contributed by atoms with E-state index in [2.05, 4.69) is 10.1 Å². The molecule has 0 N–H and O–H groups in total. The van der Waals surface area contributed by atoms with Gasteiger partial charge in [-0.2, -0.15) is 4.98 Å². The maximum Gasteiger partial charge on any atom is 0.231 e. The van der Waals surface area contributed by atoms with Crippen LogP contribution in [0, 0.1) is 5.82 Å². The third-order valence-electron chi connectivity index (χ3n) is 3.21. The van der Waals surface area contributed by atoms with Crippen molar-refractivity contribution in [2.45, 2.75) is 12.8 Å². The quantitative estimate of drug-likeness (QED) is 0.693. The third kappa shape index (κ3) is 3.29. The highest BCUT2D eigenvalue weighted by atomic mass is 35.5. The highest BCUT2D eigenvalue weighted by Crippen LogP contribution is 2.22. The smallest absolute Gasteiger partial charge is 0.231 e. The monoisotopic (exact) mass is 336 g/mol. The Morgan fingerprint density at radius 3 is 2.50 bits per heavy atom. The summed E-state index contributed by atoms with van der Waals surface area (Å²) in [6.45, 7) is 0. The first-order valence-corrected chi connectivity index (χ1v) is 7.37. The number of hydrogen-bond acceptors (Lipinski definition) is 3. The molecular weight excluding hydrogens is 326 g/mol. The SMILES string of the molecule is Fc1cccc(Cl)c1Cc1nc(Cc2ccccc2Cl)no1. The van der Waals surface area contributed by atoms with Gasteiger partial charge in [-0.05, 0) is 23.8 Å². The lowest BCUT2D eigenvalue weighted by molar-refractivity contribution is 0.379. The largest absolute Gasteiger partial charge is 0.339 e. The molecule has 0 aliphatic heterocycles. The Kier molecular flexibility index (Phi) is 4.41. The topological polar surface area (TPSA) is 38.9 Å². The number of aromatic nitrogens is 2. The Morgan fingerprint density at radius 2 is 1.73 bits per heavy atom. The van der Waals surface area contributed by atoms with E-state index in [1.54, 1.807) is 18.2 Å². The van der Waals surface area contributed by atoms with Crippen molar-refractivity contribution in [1.29, 1.82) is 0 Å². The molecule has 2 aromatic carbocycles. The second-order valence-electron chi connectivity index (χ2n) is 4.75. The van der Waals surface area contributed by atoms with Crippen molar-refractivity contribution in [1.82, 2.24) is 10.1 Å². The summed E-state index contributed by atoms with van der Waals surface area (Å²) in [5, 5.41) is 4.88. The molecule has 1 heterocycles. The standard InChI is InChI=1S/C16H11Cl2FN2O/c17-12-5-2-1-4-10(12)8-15-20-16(22-21-15)9-11-13(18)6-3-7-14(11)19/h1-7H,8-9H2. The molecule has 0 saturated heterocycles. The lowest BCUT2D eigenvalue weighted by Crippen LogP contribution is -1.96. The fourth-order valence-corrected chi connectivity index (χ4v) is 2.53. The number of benzene rings is 2. The van der Waals surface area contributed by atoms with Crippen molar-refractivity contribution in [2.24, 2.45) is 0 Å². The molecule has 0 aliphatic carbocycles. The van der Waals surface area contributed by atoms with Crippen LogP contribution in [0.3, 0.4) is 0 Å². The zero-order valence-electron chi connectivity index (χ0n) is 11.4. The molecule has 0 unspecified atom stereocenters. The second kappa shape index (κ2) is 6.46. The molecule has 0 fully saturated rings. The Balaban J connectivity index is 1.78. The number of nitrogens with zero attached hydrogens (tertiary/aromatic N) is 2. The molecule has 112 valence electrons. The predicted octanol–water partition coefficient (Wildman–Crippen LogP) is 4.70. The van der Waals surface area contributed by atoms with E-state index in [1.165, 1.54) is 6.07 Å². The van der Waals surface area contributed by atoms with E-state index in [0.717, 1.165) is 5.56 Å². The van der Waals surface area contributed by atoms with Gasteiger partial charge in [0.25, 0.3) is 0 Å². The predicted molar refractivity (Wildman–Crippen MR) is 82.8 cm³/mol. The maximum absolute atomic E-state index is 13.8. The molecule has 0 bridgehead atoms. The molecule has 0 radical (unpaired) electrons. The first kappa shape index (κ1) is 15.0. The van der Waals surface area contributed by atoms with Crippen molar-refractivity contribution in [2.75, 3.05) is 0 Å². The highest BCUT2D eigenvalue weighted by Gasteiger charge is 2.14. The molecule has 0 atom stereocenters. The minimum Gasteiger partial charge on any atom is -0.339 e. The van der Waals surface area contributed by atoms with E-state index in [-0.39, 0.29) is 6.42 Å². The van der Waals surface area contributed by atoms with Crippen LogP contribution in [-0.2, 0) is 12.8 Å². The minimum absolute atomic E-state index is 0.154. The van der Waals surface area contributed by atoms with E-state index < -0.39 is 5.82 Å². The molecule has 3 nitrogen and oxygen atoms in total. The normalized spacial score (nSPS) is 10.9. The summed E-state index contributed by atoms with van der Waals surface area (Å²) in [5.74, 6) is 0.419. The Hall–Kier alpha value is -1.91. The van der Waals surface area contributed by atoms with Gasteiger partial charge in [0.15, 0.2) is 5.82 Å². The van der Waals surface area contributed by atoms with Crippen LogP contribution >= 0.6 is 23.2 Å². The van der Waals surface area contributed by atoms with Crippen molar-refractivity contribution in [3.8, 4) is 0 Å². The Morgan fingerprint density at radius 1 is 0.955 bits per heavy atom. The summed E-state index contributed by atoms with van der Waals surface area (Å²) >= 11 is 12.1. The van der Waals surface area contributed by atoms with Gasteiger partial charge in [-0.25, -0.2) is 4.39 Å². The van der Waals surface area contributed by atoms with Crippen LogP contribution in [0.2, 0.25) is 10.0 Å². The van der Waals surface area contributed by atoms with Crippen LogP contribution < -0.4 is 0 Å². The molecule has 22 heavy (non-hydrogen) atoms. The van der Waals surface area contributed by atoms with E-state index in [4.69, 9.17) is 27.7 Å². The molecule has 3 rings (SSSR count). The summed E-state index contributed by atoms with van der Waals surface area (Å²) in [5.41, 5.74) is 1.25. The number of hydrogen-bond donors (Lipinski definition) is 0. The van der Waals surface area contributed by atoms with Gasteiger partial charge in [0, 0.05) is 22.0 Å². The molecule has 0 amide bonds. The van der Waals surface area contributed by atoms with Gasteiger partial charge < -0.3 is 4.52 Å². The van der Waals surface area contributed by atoms with Crippen molar-refractivity contribution in [3.63, 3.8) is 0 Å². The average molecular weight is 337 g/mol. The molecule has 0 aliphatic rings. The maximum atomic E-state index is 13.8. The molecular formula is C16H11Cl2FN2O. The van der Waals surface area contributed by atoms with Crippen molar-refractivity contribution < 1.29 is 8.91 Å². The van der Waals surface area contributed by atoms with Crippen LogP contribution in [0.1, 0.15) is 22.8 Å². The van der Waals surface area contributed by atoms with Crippen molar-refractivity contribution in [3.05, 3.63) is 81.2 Å². The summed E-state index contributed by atoms with van der Waals surface area (Å²) in [6.07, 6.45) is 0.606. The summed E-state index contributed by atoms with van der Waals surface area (Å²) in [6, 6.07) is 12.0. The Bertz CT molecular complexity index is 784. The van der Waals surface area contributed by atoms with Gasteiger partial charge in [-0.15, -0.1) is 0 Å². The summed E-state index contributed by atoms with van der Waals surface area (Å²) < 4.78 is 18.9. The van der Waals surface area contributed by atoms with Crippen LogP contribution in [-0.4, -0.2) is 10.1 Å². The van der Waals surface area contributed by atoms with Gasteiger partial charge in [-0.1, -0.05) is 52.6 Å². The first-order chi connectivity index (χ1) is 10.6. The zero-order valence-corrected chi connectivity index (χ0v) is 12.9. The van der Waals surface area contributed by atoms with E-state index in [1.807, 2.05) is 18.2 Å². The summed E-state index contributed by atoms with van der Waals surface area (Å²) in [4.78, 5) is 4.26. The zero-order chi connectivity index (χ0) is 15.5. The lowest BCUT2D eigenvalue weighted by atomic mass is 10.1. The fourth-order valence-electron chi connectivity index (χ4n) is 2.10. The average Bonchev–Trinajstić information content (AvgIpc) is 2.93. The van der Waals surface area contributed by atoms with Crippen LogP contribution in [0.25, 0.3) is 0 Å². The van der Waals surface area contributed by atoms with Crippen LogP contribution in [0.15, 0.2) is 47.0 Å². The number of rotatable bonds is 4. The minimum atomic E-state index is -0.390. The van der Waals surface area contributed by atoms with Gasteiger partial charge in [0.05, 0.1) is 6.42 Å². The molecule has 1 aromatic heterocycles. The lowest BCUT2D eigenvalue weighted by Gasteiger charge is -2.01. The van der Waals surface area contributed by atoms with Crippen molar-refractivity contribution >= 4 is 23.2 Å². The van der Waals surface area contributed by atoms with Gasteiger partial charge in [0.1, 0.15) is 5.82 Å². The third-order valence-corrected chi connectivity index (χ3v) is 3.93. The van der Waals surface area contributed by atoms with Gasteiger partial charge in [0.2, 0.25) is 5.89 Å². The van der Waals surface area contributed by atoms with Gasteiger partial charge in [-0.3, -0.25) is 0 Å². The molecule has 3 aromatic rings.